The van der Waals surface area contributed by atoms with Crippen molar-refractivity contribution in [3.63, 3.8) is 0 Å². The number of methoxy groups -OCH3 is 1. The SMILES string of the molecule is COCCCn1cccc(C(=O)NCCc2nnc3ccccn23)c1=O. The quantitative estimate of drug-likeness (QED) is 0.606. The monoisotopic (exact) mass is 355 g/mol. The molecule has 0 aromatic carbocycles. The van der Waals surface area contributed by atoms with E-state index < -0.39 is 0 Å². The first-order chi connectivity index (χ1) is 12.7. The van der Waals surface area contributed by atoms with Gasteiger partial charge < -0.3 is 14.6 Å². The predicted octanol–water partition coefficient (Wildman–Crippen LogP) is 0.900. The molecule has 0 aliphatic heterocycles. The van der Waals surface area contributed by atoms with Crippen LogP contribution >= 0.6 is 0 Å². The van der Waals surface area contributed by atoms with Crippen molar-refractivity contribution >= 4 is 11.6 Å². The lowest BCUT2D eigenvalue weighted by molar-refractivity contribution is 0.0951. The average molecular weight is 355 g/mol. The van der Waals surface area contributed by atoms with E-state index in [9.17, 15) is 9.59 Å². The lowest BCUT2D eigenvalue weighted by Crippen LogP contribution is -2.34. The number of ether oxygens (including phenoxy) is 1. The van der Waals surface area contributed by atoms with Crippen LogP contribution in [0.15, 0.2) is 47.5 Å². The van der Waals surface area contributed by atoms with Gasteiger partial charge in [0.2, 0.25) is 0 Å². The Morgan fingerprint density at radius 2 is 2.08 bits per heavy atom. The molecular weight excluding hydrogens is 334 g/mol. The summed E-state index contributed by atoms with van der Waals surface area (Å²) in [7, 11) is 1.62. The van der Waals surface area contributed by atoms with E-state index in [0.29, 0.717) is 32.5 Å². The Kier molecular flexibility index (Phi) is 5.75. The number of amides is 1. The highest BCUT2D eigenvalue weighted by atomic mass is 16.5. The van der Waals surface area contributed by atoms with Gasteiger partial charge in [-0.25, -0.2) is 0 Å². The molecule has 3 heterocycles. The fourth-order valence-corrected chi connectivity index (χ4v) is 2.71. The zero-order valence-electron chi connectivity index (χ0n) is 14.6. The molecule has 0 saturated carbocycles. The molecule has 0 radical (unpaired) electrons. The minimum absolute atomic E-state index is 0.135. The second kappa shape index (κ2) is 8.39. The molecular formula is C18H21N5O3. The number of aryl methyl sites for hydroxylation is 1. The van der Waals surface area contributed by atoms with Crippen LogP contribution in [0, 0.1) is 0 Å². The number of nitrogens with one attached hydrogen (secondary N) is 1. The first-order valence-corrected chi connectivity index (χ1v) is 8.46. The smallest absolute Gasteiger partial charge is 0.263 e. The van der Waals surface area contributed by atoms with Gasteiger partial charge in [-0.2, -0.15) is 0 Å². The fourth-order valence-electron chi connectivity index (χ4n) is 2.71. The minimum atomic E-state index is -0.384. The average Bonchev–Trinajstić information content (AvgIpc) is 3.06. The van der Waals surface area contributed by atoms with Gasteiger partial charge in [-0.1, -0.05) is 6.07 Å². The van der Waals surface area contributed by atoms with Gasteiger partial charge in [-0.3, -0.25) is 14.0 Å². The molecule has 1 N–H and O–H groups in total. The Morgan fingerprint density at radius 3 is 2.92 bits per heavy atom. The molecule has 3 rings (SSSR count). The molecule has 26 heavy (non-hydrogen) atoms. The summed E-state index contributed by atoms with van der Waals surface area (Å²) in [6, 6.07) is 8.90. The maximum absolute atomic E-state index is 12.4. The van der Waals surface area contributed by atoms with Crippen LogP contribution in [0.25, 0.3) is 5.65 Å². The van der Waals surface area contributed by atoms with Crippen LogP contribution in [0.3, 0.4) is 0 Å². The first-order valence-electron chi connectivity index (χ1n) is 8.46. The standard InChI is InChI=1S/C18H21N5O3/c1-26-13-5-11-22-10-4-6-14(18(22)25)17(24)19-9-8-16-21-20-15-7-2-3-12-23(15)16/h2-4,6-7,10,12H,5,8-9,11,13H2,1H3,(H,19,24). The Morgan fingerprint density at radius 1 is 1.19 bits per heavy atom. The van der Waals surface area contributed by atoms with Gasteiger partial charge in [0.25, 0.3) is 11.5 Å². The van der Waals surface area contributed by atoms with E-state index >= 15 is 0 Å². The second-order valence-corrected chi connectivity index (χ2v) is 5.82. The number of carbonyl (C=O) groups excluding carboxylic acids is 1. The van der Waals surface area contributed by atoms with Gasteiger partial charge in [0.15, 0.2) is 5.65 Å². The Balaban J connectivity index is 1.61. The Labute approximate surface area is 150 Å². The van der Waals surface area contributed by atoms with Crippen molar-refractivity contribution in [2.45, 2.75) is 19.4 Å². The van der Waals surface area contributed by atoms with Crippen molar-refractivity contribution in [2.24, 2.45) is 0 Å². The number of nitrogens with zero attached hydrogens (tertiary/aromatic N) is 4. The maximum Gasteiger partial charge on any atom is 0.263 e. The van der Waals surface area contributed by atoms with E-state index in [0.717, 1.165) is 11.5 Å². The molecule has 3 aromatic rings. The Hall–Kier alpha value is -3.00. The molecule has 8 nitrogen and oxygen atoms in total. The third kappa shape index (κ3) is 3.97. The number of hydrogen-bond acceptors (Lipinski definition) is 5. The molecule has 0 fully saturated rings. The number of carbonyl (C=O) groups is 1. The van der Waals surface area contributed by atoms with Crippen molar-refractivity contribution in [2.75, 3.05) is 20.3 Å². The molecule has 136 valence electrons. The van der Waals surface area contributed by atoms with Crippen LogP contribution in [0.2, 0.25) is 0 Å². The van der Waals surface area contributed by atoms with Gasteiger partial charge in [0, 0.05) is 45.6 Å². The number of fused-ring (bicyclic) bond motifs is 1. The van der Waals surface area contributed by atoms with E-state index in [4.69, 9.17) is 4.74 Å². The molecule has 0 aliphatic carbocycles. The summed E-state index contributed by atoms with van der Waals surface area (Å²) < 4.78 is 8.39. The molecule has 0 bridgehead atoms. The molecule has 0 spiro atoms. The maximum atomic E-state index is 12.4. The van der Waals surface area contributed by atoms with E-state index in [-0.39, 0.29) is 17.0 Å². The number of aromatic nitrogens is 4. The van der Waals surface area contributed by atoms with Crippen LogP contribution in [0.4, 0.5) is 0 Å². The Bertz CT molecular complexity index is 947. The molecule has 0 unspecified atom stereocenters. The van der Waals surface area contributed by atoms with Gasteiger partial charge in [0.1, 0.15) is 11.4 Å². The fraction of sp³-hybridized carbons (Fsp3) is 0.333. The third-order valence-electron chi connectivity index (χ3n) is 4.03. The molecule has 8 heteroatoms. The van der Waals surface area contributed by atoms with Crippen molar-refractivity contribution in [1.29, 1.82) is 0 Å². The van der Waals surface area contributed by atoms with E-state index in [2.05, 4.69) is 15.5 Å². The highest BCUT2D eigenvalue weighted by Crippen LogP contribution is 2.03. The summed E-state index contributed by atoms with van der Waals surface area (Å²) in [6.45, 7) is 1.45. The van der Waals surface area contributed by atoms with E-state index in [1.54, 1.807) is 19.4 Å². The topological polar surface area (TPSA) is 90.5 Å². The lowest BCUT2D eigenvalue weighted by Gasteiger charge is -2.08. The molecule has 3 aromatic heterocycles. The van der Waals surface area contributed by atoms with Gasteiger partial charge in [-0.15, -0.1) is 10.2 Å². The summed E-state index contributed by atoms with van der Waals surface area (Å²) in [6.07, 6.45) is 4.78. The zero-order valence-corrected chi connectivity index (χ0v) is 14.6. The lowest BCUT2D eigenvalue weighted by atomic mass is 10.2. The molecule has 0 atom stereocenters. The summed E-state index contributed by atoms with van der Waals surface area (Å²) in [4.78, 5) is 24.8. The summed E-state index contributed by atoms with van der Waals surface area (Å²) in [5, 5.41) is 11.0. The van der Waals surface area contributed by atoms with Gasteiger partial charge in [0.05, 0.1) is 0 Å². The van der Waals surface area contributed by atoms with Crippen molar-refractivity contribution in [3.8, 4) is 0 Å². The normalized spacial score (nSPS) is 11.0. The largest absolute Gasteiger partial charge is 0.385 e. The van der Waals surface area contributed by atoms with Gasteiger partial charge >= 0.3 is 0 Å². The van der Waals surface area contributed by atoms with E-state index in [1.165, 1.54) is 10.6 Å². The van der Waals surface area contributed by atoms with Gasteiger partial charge in [-0.05, 0) is 30.7 Å². The highest BCUT2D eigenvalue weighted by molar-refractivity contribution is 5.93. The van der Waals surface area contributed by atoms with E-state index in [1.807, 2.05) is 28.8 Å². The number of hydrogen-bond donors (Lipinski definition) is 1. The molecule has 0 aliphatic rings. The van der Waals surface area contributed by atoms with Crippen molar-refractivity contribution in [3.05, 3.63) is 64.5 Å². The van der Waals surface area contributed by atoms with Crippen LogP contribution in [-0.2, 0) is 17.7 Å². The van der Waals surface area contributed by atoms with Crippen LogP contribution in [0.1, 0.15) is 22.6 Å². The number of pyridine rings is 2. The zero-order chi connectivity index (χ0) is 18.4. The number of rotatable bonds is 8. The van der Waals surface area contributed by atoms with Crippen molar-refractivity contribution < 1.29 is 9.53 Å². The summed E-state index contributed by atoms with van der Waals surface area (Å²) >= 11 is 0. The molecule has 1 amide bonds. The first kappa shape index (κ1) is 17.8. The third-order valence-corrected chi connectivity index (χ3v) is 4.03. The summed E-state index contributed by atoms with van der Waals surface area (Å²) in [5.41, 5.74) is 0.598. The minimum Gasteiger partial charge on any atom is -0.385 e. The second-order valence-electron chi connectivity index (χ2n) is 5.82. The van der Waals surface area contributed by atoms with Crippen molar-refractivity contribution in [1.82, 2.24) is 24.5 Å². The summed E-state index contributed by atoms with van der Waals surface area (Å²) in [5.74, 6) is 0.371. The van der Waals surface area contributed by atoms with Crippen LogP contribution < -0.4 is 10.9 Å². The predicted molar refractivity (Wildman–Crippen MR) is 96.2 cm³/mol. The van der Waals surface area contributed by atoms with Crippen LogP contribution in [0.5, 0.6) is 0 Å². The molecule has 0 saturated heterocycles. The van der Waals surface area contributed by atoms with Crippen LogP contribution in [-0.4, -0.2) is 45.3 Å². The highest BCUT2D eigenvalue weighted by Gasteiger charge is 2.12.